The predicted molar refractivity (Wildman–Crippen MR) is 72.8 cm³/mol. The lowest BCUT2D eigenvalue weighted by molar-refractivity contribution is -0.137. The molecule has 0 amide bonds. The molecule has 3 rings (SSSR count). The van der Waals surface area contributed by atoms with Gasteiger partial charge in [-0.1, -0.05) is 11.3 Å². The van der Waals surface area contributed by atoms with Crippen LogP contribution in [0.4, 0.5) is 13.2 Å². The molecule has 21 heavy (non-hydrogen) atoms. The Hall–Kier alpha value is -2.28. The fourth-order valence-corrected chi connectivity index (χ4v) is 2.61. The Bertz CT molecular complexity index is 781. The van der Waals surface area contributed by atoms with E-state index in [4.69, 9.17) is 9.84 Å². The van der Waals surface area contributed by atoms with Crippen LogP contribution in [0, 0.1) is 0 Å². The zero-order valence-electron chi connectivity index (χ0n) is 10.4. The van der Waals surface area contributed by atoms with Gasteiger partial charge in [-0.25, -0.2) is 4.98 Å². The van der Waals surface area contributed by atoms with Crippen LogP contribution in [-0.2, 0) is 6.18 Å². The zero-order valence-corrected chi connectivity index (χ0v) is 11.2. The summed E-state index contributed by atoms with van der Waals surface area (Å²) in [5.74, 6) is 0.546. The van der Waals surface area contributed by atoms with Gasteiger partial charge in [-0.05, 0) is 42.5 Å². The van der Waals surface area contributed by atoms with Gasteiger partial charge in [-0.2, -0.15) is 13.2 Å². The molecule has 7 heteroatoms. The Kier molecular flexibility index (Phi) is 3.21. The van der Waals surface area contributed by atoms with Gasteiger partial charge >= 0.3 is 6.18 Å². The number of nitrogens with zero attached hydrogens (tertiary/aromatic N) is 1. The van der Waals surface area contributed by atoms with Gasteiger partial charge in [0.2, 0.25) is 0 Å². The average molecular weight is 311 g/mol. The summed E-state index contributed by atoms with van der Waals surface area (Å²) < 4.78 is 43.8. The lowest BCUT2D eigenvalue weighted by Gasteiger charge is -2.04. The Labute approximate surface area is 121 Å². The second kappa shape index (κ2) is 4.92. The Morgan fingerprint density at radius 1 is 1.05 bits per heavy atom. The molecule has 0 atom stereocenters. The number of phenols is 1. The topological polar surface area (TPSA) is 42.4 Å². The third-order valence-corrected chi connectivity index (χ3v) is 3.63. The van der Waals surface area contributed by atoms with E-state index in [1.807, 2.05) is 0 Å². The van der Waals surface area contributed by atoms with Crippen LogP contribution in [0.5, 0.6) is 16.7 Å². The van der Waals surface area contributed by atoms with E-state index in [-0.39, 0.29) is 10.9 Å². The third-order valence-electron chi connectivity index (χ3n) is 2.74. The first-order valence-corrected chi connectivity index (χ1v) is 6.68. The van der Waals surface area contributed by atoms with Crippen molar-refractivity contribution in [3.8, 4) is 16.7 Å². The van der Waals surface area contributed by atoms with Crippen molar-refractivity contribution in [3.63, 3.8) is 0 Å². The highest BCUT2D eigenvalue weighted by atomic mass is 32.1. The molecule has 1 aromatic heterocycles. The van der Waals surface area contributed by atoms with Crippen molar-refractivity contribution in [1.82, 2.24) is 4.98 Å². The molecular weight excluding hydrogens is 303 g/mol. The number of benzene rings is 2. The molecule has 0 spiro atoms. The van der Waals surface area contributed by atoms with Gasteiger partial charge in [0, 0.05) is 0 Å². The van der Waals surface area contributed by atoms with Crippen molar-refractivity contribution < 1.29 is 23.0 Å². The SMILES string of the molecule is Oc1ccc(Oc2nc3ccc(C(F)(F)F)cc3s2)cc1. The summed E-state index contributed by atoms with van der Waals surface area (Å²) in [5.41, 5.74) is -0.267. The summed E-state index contributed by atoms with van der Waals surface area (Å²) in [5, 5.41) is 9.41. The summed E-state index contributed by atoms with van der Waals surface area (Å²) in [6, 6.07) is 9.35. The average Bonchev–Trinajstić information content (AvgIpc) is 2.81. The number of aromatic nitrogens is 1. The molecule has 0 bridgehead atoms. The second-order valence-corrected chi connectivity index (χ2v) is 5.25. The minimum absolute atomic E-state index is 0.0986. The Morgan fingerprint density at radius 3 is 2.43 bits per heavy atom. The molecule has 2 aromatic carbocycles. The number of hydrogen-bond donors (Lipinski definition) is 1. The number of fused-ring (bicyclic) bond motifs is 1. The van der Waals surface area contributed by atoms with Gasteiger partial charge in [-0.15, -0.1) is 0 Å². The molecule has 0 aliphatic heterocycles. The van der Waals surface area contributed by atoms with E-state index in [1.165, 1.54) is 18.2 Å². The van der Waals surface area contributed by atoms with Crippen LogP contribution >= 0.6 is 11.3 Å². The number of aromatic hydroxyl groups is 1. The maximum Gasteiger partial charge on any atom is 0.416 e. The van der Waals surface area contributed by atoms with Gasteiger partial charge in [-0.3, -0.25) is 0 Å². The second-order valence-electron chi connectivity index (χ2n) is 4.26. The van der Waals surface area contributed by atoms with E-state index in [0.29, 0.717) is 16.0 Å². The van der Waals surface area contributed by atoms with E-state index < -0.39 is 11.7 Å². The summed E-state index contributed by atoms with van der Waals surface area (Å²) in [4.78, 5) is 4.12. The molecule has 108 valence electrons. The molecule has 0 fully saturated rings. The summed E-state index contributed by atoms with van der Waals surface area (Å²) in [7, 11) is 0. The Balaban J connectivity index is 1.92. The number of ether oxygens (including phenoxy) is 1. The van der Waals surface area contributed by atoms with Gasteiger partial charge in [0.05, 0.1) is 15.8 Å². The van der Waals surface area contributed by atoms with Crippen LogP contribution in [0.15, 0.2) is 42.5 Å². The first kappa shape index (κ1) is 13.7. The first-order valence-electron chi connectivity index (χ1n) is 5.86. The molecule has 1 heterocycles. The molecule has 3 nitrogen and oxygen atoms in total. The highest BCUT2D eigenvalue weighted by Crippen LogP contribution is 2.36. The largest absolute Gasteiger partial charge is 0.508 e. The molecule has 1 N–H and O–H groups in total. The number of thiazole rings is 1. The highest BCUT2D eigenvalue weighted by molar-refractivity contribution is 7.20. The third kappa shape index (κ3) is 2.92. The van der Waals surface area contributed by atoms with Crippen LogP contribution in [0.1, 0.15) is 5.56 Å². The zero-order chi connectivity index (χ0) is 15.0. The van der Waals surface area contributed by atoms with E-state index in [1.54, 1.807) is 12.1 Å². The van der Waals surface area contributed by atoms with E-state index >= 15 is 0 Å². The quantitative estimate of drug-likeness (QED) is 0.738. The molecule has 0 aliphatic carbocycles. The lowest BCUT2D eigenvalue weighted by atomic mass is 10.2. The maximum atomic E-state index is 12.6. The molecule has 0 saturated heterocycles. The van der Waals surface area contributed by atoms with Crippen molar-refractivity contribution in [2.24, 2.45) is 0 Å². The summed E-state index contributed by atoms with van der Waals surface area (Å²) >= 11 is 1.03. The summed E-state index contributed by atoms with van der Waals surface area (Å²) in [6.45, 7) is 0. The van der Waals surface area contributed by atoms with Crippen LogP contribution in [-0.4, -0.2) is 10.1 Å². The van der Waals surface area contributed by atoms with E-state index in [2.05, 4.69) is 4.98 Å². The highest BCUT2D eigenvalue weighted by Gasteiger charge is 2.30. The van der Waals surface area contributed by atoms with Gasteiger partial charge in [0.25, 0.3) is 5.19 Å². The number of alkyl halides is 3. The number of halogens is 3. The lowest BCUT2D eigenvalue weighted by Crippen LogP contribution is -2.03. The molecule has 0 aliphatic rings. The van der Waals surface area contributed by atoms with Crippen molar-refractivity contribution in [1.29, 1.82) is 0 Å². The first-order chi connectivity index (χ1) is 9.91. The predicted octanol–water partition coefficient (Wildman–Crippen LogP) is 4.81. The van der Waals surface area contributed by atoms with E-state index in [9.17, 15) is 13.2 Å². The van der Waals surface area contributed by atoms with Crippen molar-refractivity contribution in [2.45, 2.75) is 6.18 Å². The molecule has 0 radical (unpaired) electrons. The monoisotopic (exact) mass is 311 g/mol. The van der Waals surface area contributed by atoms with Gasteiger partial charge < -0.3 is 9.84 Å². The number of hydrogen-bond acceptors (Lipinski definition) is 4. The standard InChI is InChI=1S/C14H8F3NO2S/c15-14(16,17)8-1-6-11-12(7-8)21-13(18-11)20-10-4-2-9(19)3-5-10/h1-7,19H. The summed E-state index contributed by atoms with van der Waals surface area (Å²) in [6.07, 6.45) is -4.38. The van der Waals surface area contributed by atoms with Crippen molar-refractivity contribution >= 4 is 21.6 Å². The fraction of sp³-hybridized carbons (Fsp3) is 0.0714. The molecular formula is C14H8F3NO2S. The minimum atomic E-state index is -4.38. The Morgan fingerprint density at radius 2 is 1.76 bits per heavy atom. The molecule has 0 saturated carbocycles. The van der Waals surface area contributed by atoms with Gasteiger partial charge in [0.15, 0.2) is 0 Å². The maximum absolute atomic E-state index is 12.6. The molecule has 0 unspecified atom stereocenters. The van der Waals surface area contributed by atoms with Crippen LogP contribution in [0.2, 0.25) is 0 Å². The number of phenolic OH excluding ortho intramolecular Hbond substituents is 1. The van der Waals surface area contributed by atoms with Crippen molar-refractivity contribution in [3.05, 3.63) is 48.0 Å². The van der Waals surface area contributed by atoms with Crippen LogP contribution < -0.4 is 4.74 Å². The number of rotatable bonds is 2. The molecule has 3 aromatic rings. The minimum Gasteiger partial charge on any atom is -0.508 e. The van der Waals surface area contributed by atoms with Crippen LogP contribution in [0.25, 0.3) is 10.2 Å². The van der Waals surface area contributed by atoms with Crippen LogP contribution in [0.3, 0.4) is 0 Å². The van der Waals surface area contributed by atoms with E-state index in [0.717, 1.165) is 23.5 Å². The normalized spacial score (nSPS) is 11.8. The fourth-order valence-electron chi connectivity index (χ4n) is 1.74. The van der Waals surface area contributed by atoms with Crippen molar-refractivity contribution in [2.75, 3.05) is 0 Å². The smallest absolute Gasteiger partial charge is 0.416 e. The van der Waals surface area contributed by atoms with Gasteiger partial charge in [0.1, 0.15) is 11.5 Å².